The molecule has 0 spiro atoms. The van der Waals surface area contributed by atoms with Crippen LogP contribution in [-0.4, -0.2) is 29.4 Å². The van der Waals surface area contributed by atoms with Gasteiger partial charge in [-0.05, 0) is 37.8 Å². The molecular formula is C14H18N2OS. The zero-order valence-electron chi connectivity index (χ0n) is 11.0. The summed E-state index contributed by atoms with van der Waals surface area (Å²) >= 11 is 1.54. The number of benzene rings is 1. The molecule has 1 aromatic carbocycles. The summed E-state index contributed by atoms with van der Waals surface area (Å²) in [5.41, 5.74) is 1.70. The predicted octanol–water partition coefficient (Wildman–Crippen LogP) is 2.83. The zero-order valence-corrected chi connectivity index (χ0v) is 11.8. The average molecular weight is 262 g/mol. The van der Waals surface area contributed by atoms with E-state index in [1.54, 1.807) is 12.1 Å². The van der Waals surface area contributed by atoms with Crippen LogP contribution in [0.3, 0.4) is 0 Å². The molecule has 0 bridgehead atoms. The van der Waals surface area contributed by atoms with E-state index >= 15 is 0 Å². The minimum atomic E-state index is 0.0439. The van der Waals surface area contributed by atoms with Crippen LogP contribution in [0.5, 0.6) is 0 Å². The second kappa shape index (κ2) is 7.07. The van der Waals surface area contributed by atoms with E-state index in [4.69, 9.17) is 5.26 Å². The lowest BCUT2D eigenvalue weighted by atomic mass is 10.1. The molecule has 18 heavy (non-hydrogen) atoms. The lowest BCUT2D eigenvalue weighted by molar-refractivity contribution is -0.130. The van der Waals surface area contributed by atoms with Crippen molar-refractivity contribution in [2.45, 2.75) is 19.9 Å². The molecule has 1 amide bonds. The maximum Gasteiger partial charge on any atom is 0.233 e. The molecule has 0 radical (unpaired) electrons. The second-order valence-electron chi connectivity index (χ2n) is 4.02. The van der Waals surface area contributed by atoms with E-state index in [-0.39, 0.29) is 11.9 Å². The van der Waals surface area contributed by atoms with Crippen molar-refractivity contribution in [1.29, 1.82) is 5.26 Å². The molecule has 0 heterocycles. The van der Waals surface area contributed by atoms with Gasteiger partial charge in [-0.3, -0.25) is 4.79 Å². The van der Waals surface area contributed by atoms with E-state index in [2.05, 4.69) is 6.07 Å². The van der Waals surface area contributed by atoms with Gasteiger partial charge >= 0.3 is 0 Å². The average Bonchev–Trinajstić information content (AvgIpc) is 2.40. The minimum Gasteiger partial charge on any atom is -0.336 e. The Morgan fingerprint density at radius 3 is 2.50 bits per heavy atom. The third-order valence-corrected chi connectivity index (χ3v) is 3.45. The zero-order chi connectivity index (χ0) is 13.5. The Morgan fingerprint density at radius 2 is 2.06 bits per heavy atom. The first kappa shape index (κ1) is 14.6. The summed E-state index contributed by atoms with van der Waals surface area (Å²) in [4.78, 5) is 13.8. The van der Waals surface area contributed by atoms with Crippen molar-refractivity contribution >= 4 is 17.7 Å². The number of hydrogen-bond acceptors (Lipinski definition) is 3. The van der Waals surface area contributed by atoms with Crippen LogP contribution in [-0.2, 0) is 4.79 Å². The van der Waals surface area contributed by atoms with Gasteiger partial charge in [-0.25, -0.2) is 0 Å². The molecule has 0 saturated heterocycles. The highest BCUT2D eigenvalue weighted by Gasteiger charge is 2.19. The van der Waals surface area contributed by atoms with Crippen LogP contribution in [0.1, 0.15) is 31.0 Å². The van der Waals surface area contributed by atoms with Gasteiger partial charge in [0.2, 0.25) is 5.91 Å². The summed E-state index contributed by atoms with van der Waals surface area (Å²) in [5, 5.41) is 8.76. The number of nitrogens with zero attached hydrogens (tertiary/aromatic N) is 2. The molecule has 0 saturated carbocycles. The Labute approximate surface area is 113 Å². The maximum atomic E-state index is 12.0. The molecule has 4 heteroatoms. The van der Waals surface area contributed by atoms with Gasteiger partial charge in [-0.2, -0.15) is 17.0 Å². The number of amides is 1. The van der Waals surface area contributed by atoms with Gasteiger partial charge in [0, 0.05) is 6.54 Å². The largest absolute Gasteiger partial charge is 0.336 e. The Hall–Kier alpha value is -1.47. The van der Waals surface area contributed by atoms with Crippen LogP contribution in [0.15, 0.2) is 24.3 Å². The minimum absolute atomic E-state index is 0.0439. The molecular weight excluding hydrogens is 244 g/mol. The van der Waals surface area contributed by atoms with Crippen molar-refractivity contribution in [1.82, 2.24) is 4.90 Å². The van der Waals surface area contributed by atoms with E-state index in [1.165, 1.54) is 11.8 Å². The Morgan fingerprint density at radius 1 is 1.44 bits per heavy atom. The van der Waals surface area contributed by atoms with E-state index in [0.29, 0.717) is 17.9 Å². The number of carbonyl (C=O) groups is 1. The van der Waals surface area contributed by atoms with Crippen LogP contribution >= 0.6 is 11.8 Å². The number of rotatable bonds is 5. The summed E-state index contributed by atoms with van der Waals surface area (Å²) in [6, 6.07) is 9.55. The molecule has 3 nitrogen and oxygen atoms in total. The van der Waals surface area contributed by atoms with Gasteiger partial charge in [0.1, 0.15) is 0 Å². The first-order chi connectivity index (χ1) is 8.63. The molecule has 0 aliphatic rings. The van der Waals surface area contributed by atoms with E-state index in [1.807, 2.05) is 37.1 Å². The molecule has 1 unspecified atom stereocenters. The van der Waals surface area contributed by atoms with Crippen LogP contribution < -0.4 is 0 Å². The lowest BCUT2D eigenvalue weighted by Crippen LogP contribution is -2.34. The van der Waals surface area contributed by atoms with Crippen molar-refractivity contribution < 1.29 is 4.79 Å². The van der Waals surface area contributed by atoms with Gasteiger partial charge in [0.05, 0.1) is 23.4 Å². The quantitative estimate of drug-likeness (QED) is 0.819. The van der Waals surface area contributed by atoms with Crippen LogP contribution in [0.4, 0.5) is 0 Å². The van der Waals surface area contributed by atoms with Crippen molar-refractivity contribution in [2.24, 2.45) is 0 Å². The highest BCUT2D eigenvalue weighted by Crippen LogP contribution is 2.21. The number of carbonyl (C=O) groups excluding carboxylic acids is 1. The Balaban J connectivity index is 2.86. The molecule has 0 N–H and O–H groups in total. The smallest absolute Gasteiger partial charge is 0.233 e. The highest BCUT2D eigenvalue weighted by atomic mass is 32.2. The lowest BCUT2D eigenvalue weighted by Gasteiger charge is -2.28. The molecule has 0 aliphatic heterocycles. The second-order valence-corrected chi connectivity index (χ2v) is 4.89. The van der Waals surface area contributed by atoms with Gasteiger partial charge in [0.15, 0.2) is 0 Å². The van der Waals surface area contributed by atoms with Gasteiger partial charge in [-0.1, -0.05) is 12.1 Å². The van der Waals surface area contributed by atoms with Crippen molar-refractivity contribution in [2.75, 3.05) is 18.6 Å². The Bertz CT molecular complexity index is 436. The molecule has 96 valence electrons. The molecule has 1 atom stereocenters. The highest BCUT2D eigenvalue weighted by molar-refractivity contribution is 7.99. The number of nitriles is 1. The molecule has 1 rings (SSSR count). The van der Waals surface area contributed by atoms with Crippen molar-refractivity contribution in [3.63, 3.8) is 0 Å². The summed E-state index contributed by atoms with van der Waals surface area (Å²) in [7, 11) is 0. The first-order valence-electron chi connectivity index (χ1n) is 5.92. The fourth-order valence-corrected chi connectivity index (χ4v) is 2.30. The maximum absolute atomic E-state index is 12.0. The summed E-state index contributed by atoms with van der Waals surface area (Å²) in [6.45, 7) is 4.70. The van der Waals surface area contributed by atoms with Crippen molar-refractivity contribution in [3.8, 4) is 6.07 Å². The predicted molar refractivity (Wildman–Crippen MR) is 75.3 cm³/mol. The van der Waals surface area contributed by atoms with E-state index < -0.39 is 0 Å². The standard InChI is InChI=1S/C14H18N2OS/c1-4-16(14(17)10-18-3)11(2)13-7-5-12(9-15)6-8-13/h5-8,11H,4,10H2,1-3H3. The van der Waals surface area contributed by atoms with Crippen LogP contribution in [0.25, 0.3) is 0 Å². The molecule has 0 aliphatic carbocycles. The molecule has 0 fully saturated rings. The number of hydrogen-bond donors (Lipinski definition) is 0. The van der Waals surface area contributed by atoms with Crippen molar-refractivity contribution in [3.05, 3.63) is 35.4 Å². The SMILES string of the molecule is CCN(C(=O)CSC)C(C)c1ccc(C#N)cc1. The van der Waals surface area contributed by atoms with Gasteiger partial charge < -0.3 is 4.90 Å². The summed E-state index contributed by atoms with van der Waals surface area (Å²) in [5.74, 6) is 0.663. The van der Waals surface area contributed by atoms with E-state index in [0.717, 1.165) is 5.56 Å². The number of thioether (sulfide) groups is 1. The monoisotopic (exact) mass is 262 g/mol. The summed E-state index contributed by atoms with van der Waals surface area (Å²) in [6.07, 6.45) is 1.93. The normalized spacial score (nSPS) is 11.7. The molecule has 1 aromatic rings. The van der Waals surface area contributed by atoms with Gasteiger partial charge in [0.25, 0.3) is 0 Å². The Kier molecular flexibility index (Phi) is 5.73. The van der Waals surface area contributed by atoms with Crippen LogP contribution in [0, 0.1) is 11.3 Å². The third-order valence-electron chi connectivity index (χ3n) is 2.92. The fourth-order valence-electron chi connectivity index (χ4n) is 1.89. The van der Waals surface area contributed by atoms with Gasteiger partial charge in [-0.15, -0.1) is 0 Å². The van der Waals surface area contributed by atoms with Crippen LogP contribution in [0.2, 0.25) is 0 Å². The fraction of sp³-hybridized carbons (Fsp3) is 0.429. The molecule has 0 aromatic heterocycles. The van der Waals surface area contributed by atoms with E-state index in [9.17, 15) is 4.79 Å². The third kappa shape index (κ3) is 3.51. The first-order valence-corrected chi connectivity index (χ1v) is 7.31. The summed E-state index contributed by atoms with van der Waals surface area (Å²) < 4.78 is 0. The topological polar surface area (TPSA) is 44.1 Å².